The summed E-state index contributed by atoms with van der Waals surface area (Å²) in [6.07, 6.45) is 0. The van der Waals surface area contributed by atoms with Crippen LogP contribution in [0.1, 0.15) is 6.92 Å². The zero-order valence-corrected chi connectivity index (χ0v) is 14.6. The number of hydrogen-bond donors (Lipinski definition) is 1. The lowest BCUT2D eigenvalue weighted by molar-refractivity contribution is -0.136. The highest BCUT2D eigenvalue weighted by Gasteiger charge is 2.21. The number of carboxylic acid groups (broad SMARTS) is 1. The van der Waals surface area contributed by atoms with Crippen LogP contribution in [0.25, 0.3) is 22.6 Å². The summed E-state index contributed by atoms with van der Waals surface area (Å²) in [6, 6.07) is 17.1. The van der Waals surface area contributed by atoms with Gasteiger partial charge in [0.05, 0.1) is 7.11 Å². The smallest absolute Gasteiger partial charge is 0.316 e. The number of thioether (sulfide) groups is 1. The molecule has 0 saturated carbocycles. The molecule has 1 N–H and O–H groups in total. The summed E-state index contributed by atoms with van der Waals surface area (Å²) in [7, 11) is 1.61. The molecule has 0 spiro atoms. The van der Waals surface area contributed by atoms with Crippen molar-refractivity contribution in [1.29, 1.82) is 0 Å². The van der Waals surface area contributed by atoms with Gasteiger partial charge >= 0.3 is 5.97 Å². The van der Waals surface area contributed by atoms with Gasteiger partial charge in [-0.15, -0.1) is 0 Å². The quantitative estimate of drug-likeness (QED) is 0.652. The molecule has 3 rings (SSSR count). The van der Waals surface area contributed by atoms with Crippen molar-refractivity contribution >= 4 is 17.7 Å². The van der Waals surface area contributed by atoms with Gasteiger partial charge in [0.2, 0.25) is 0 Å². The SMILES string of the molecule is COc1ccc(-c2oc(SC(C)C(=O)O)nc2-c2ccccc2)cc1. The van der Waals surface area contributed by atoms with E-state index in [4.69, 9.17) is 14.3 Å². The first-order valence-electron chi connectivity index (χ1n) is 7.68. The molecule has 128 valence electrons. The second-order valence-corrected chi connectivity index (χ2v) is 6.64. The fourth-order valence-electron chi connectivity index (χ4n) is 2.28. The Bertz CT molecular complexity index is 859. The van der Waals surface area contributed by atoms with Crippen LogP contribution in [0.2, 0.25) is 0 Å². The lowest BCUT2D eigenvalue weighted by Gasteiger charge is -2.03. The minimum absolute atomic E-state index is 0.333. The van der Waals surface area contributed by atoms with Crippen LogP contribution in [0.5, 0.6) is 5.75 Å². The standard InChI is InChI=1S/C19H17NO4S/c1-12(18(21)22)25-19-20-16(13-6-4-3-5-7-13)17(24-19)14-8-10-15(23-2)11-9-14/h3-12H,1-2H3,(H,21,22). The molecule has 0 aliphatic rings. The molecule has 1 atom stereocenters. The second-order valence-electron chi connectivity index (χ2n) is 5.35. The third-order valence-corrected chi connectivity index (χ3v) is 4.56. The fourth-order valence-corrected chi connectivity index (χ4v) is 2.96. The van der Waals surface area contributed by atoms with Crippen LogP contribution in [0.15, 0.2) is 64.2 Å². The molecule has 1 unspecified atom stereocenters. The van der Waals surface area contributed by atoms with Crippen LogP contribution < -0.4 is 4.74 Å². The Kier molecular flexibility index (Phi) is 5.09. The molecule has 0 bridgehead atoms. The van der Waals surface area contributed by atoms with E-state index >= 15 is 0 Å². The van der Waals surface area contributed by atoms with Crippen LogP contribution in [0.3, 0.4) is 0 Å². The highest BCUT2D eigenvalue weighted by molar-refractivity contribution is 8.00. The molecule has 0 fully saturated rings. The van der Waals surface area contributed by atoms with Gasteiger partial charge in [-0.3, -0.25) is 4.79 Å². The van der Waals surface area contributed by atoms with Crippen molar-refractivity contribution in [2.24, 2.45) is 0 Å². The zero-order chi connectivity index (χ0) is 17.8. The molecule has 0 amide bonds. The number of oxazole rings is 1. The van der Waals surface area contributed by atoms with Crippen LogP contribution in [0, 0.1) is 0 Å². The summed E-state index contributed by atoms with van der Waals surface area (Å²) in [5.74, 6) is 0.447. The molecule has 1 heterocycles. The van der Waals surface area contributed by atoms with E-state index in [2.05, 4.69) is 4.98 Å². The summed E-state index contributed by atoms with van der Waals surface area (Å²) < 4.78 is 11.1. The van der Waals surface area contributed by atoms with Crippen molar-refractivity contribution in [3.63, 3.8) is 0 Å². The number of aromatic nitrogens is 1. The van der Waals surface area contributed by atoms with Crippen molar-refractivity contribution in [1.82, 2.24) is 4.98 Å². The van der Waals surface area contributed by atoms with Crippen molar-refractivity contribution in [2.75, 3.05) is 7.11 Å². The van der Waals surface area contributed by atoms with E-state index in [1.54, 1.807) is 14.0 Å². The summed E-state index contributed by atoms with van der Waals surface area (Å²) in [5, 5.41) is 8.79. The maximum absolute atomic E-state index is 11.1. The van der Waals surface area contributed by atoms with E-state index in [9.17, 15) is 4.79 Å². The van der Waals surface area contributed by atoms with Gasteiger partial charge in [0, 0.05) is 11.1 Å². The number of rotatable bonds is 6. The number of hydrogen-bond acceptors (Lipinski definition) is 5. The van der Waals surface area contributed by atoms with Gasteiger partial charge in [0.15, 0.2) is 5.76 Å². The third-order valence-electron chi connectivity index (χ3n) is 3.63. The summed E-state index contributed by atoms with van der Waals surface area (Å²) >= 11 is 1.08. The highest BCUT2D eigenvalue weighted by Crippen LogP contribution is 2.37. The number of carbonyl (C=O) groups is 1. The highest BCUT2D eigenvalue weighted by atomic mass is 32.2. The molecule has 0 aliphatic carbocycles. The maximum Gasteiger partial charge on any atom is 0.316 e. The molecule has 5 nitrogen and oxygen atoms in total. The average molecular weight is 355 g/mol. The van der Waals surface area contributed by atoms with Gasteiger partial charge in [-0.05, 0) is 31.2 Å². The van der Waals surface area contributed by atoms with E-state index in [1.165, 1.54) is 0 Å². The van der Waals surface area contributed by atoms with E-state index in [0.717, 1.165) is 28.6 Å². The van der Waals surface area contributed by atoms with Crippen LogP contribution in [-0.2, 0) is 4.79 Å². The molecule has 6 heteroatoms. The van der Waals surface area contributed by atoms with E-state index < -0.39 is 11.2 Å². The van der Waals surface area contributed by atoms with E-state index in [0.29, 0.717) is 16.7 Å². The minimum atomic E-state index is -0.907. The number of aliphatic carboxylic acids is 1. The Hall–Kier alpha value is -2.73. The van der Waals surface area contributed by atoms with Gasteiger partial charge in [-0.1, -0.05) is 42.1 Å². The van der Waals surface area contributed by atoms with Crippen LogP contribution in [-0.4, -0.2) is 28.4 Å². The number of nitrogens with zero attached hydrogens (tertiary/aromatic N) is 1. The molecule has 25 heavy (non-hydrogen) atoms. The Labute approximate surface area is 149 Å². The van der Waals surface area contributed by atoms with E-state index in [-0.39, 0.29) is 0 Å². The molecule has 2 aromatic carbocycles. The first kappa shape index (κ1) is 17.1. The molecular weight excluding hydrogens is 338 g/mol. The Morgan fingerprint density at radius 2 is 1.80 bits per heavy atom. The molecule has 0 aliphatic heterocycles. The predicted octanol–water partition coefficient (Wildman–Crippen LogP) is 4.58. The third kappa shape index (κ3) is 3.85. The maximum atomic E-state index is 11.1. The molecular formula is C19H17NO4S. The lowest BCUT2D eigenvalue weighted by Crippen LogP contribution is -2.10. The number of carboxylic acids is 1. The number of ether oxygens (including phenoxy) is 1. The van der Waals surface area contributed by atoms with Crippen LogP contribution in [0.4, 0.5) is 0 Å². The Balaban J connectivity index is 2.04. The summed E-state index contributed by atoms with van der Waals surface area (Å²) in [4.78, 5) is 15.6. The zero-order valence-electron chi connectivity index (χ0n) is 13.8. The van der Waals surface area contributed by atoms with Gasteiger partial charge in [0.25, 0.3) is 5.22 Å². The Morgan fingerprint density at radius 3 is 2.40 bits per heavy atom. The lowest BCUT2D eigenvalue weighted by atomic mass is 10.1. The normalized spacial score (nSPS) is 11.9. The molecule has 3 aromatic rings. The van der Waals surface area contributed by atoms with Crippen molar-refractivity contribution < 1.29 is 19.1 Å². The van der Waals surface area contributed by atoms with Crippen LogP contribution >= 0.6 is 11.8 Å². The largest absolute Gasteiger partial charge is 0.497 e. The first-order valence-corrected chi connectivity index (χ1v) is 8.56. The Morgan fingerprint density at radius 1 is 1.12 bits per heavy atom. The second kappa shape index (κ2) is 7.44. The minimum Gasteiger partial charge on any atom is -0.497 e. The van der Waals surface area contributed by atoms with Crippen molar-refractivity contribution in [3.8, 4) is 28.3 Å². The molecule has 1 aromatic heterocycles. The topological polar surface area (TPSA) is 72.6 Å². The fraction of sp³-hybridized carbons (Fsp3) is 0.158. The van der Waals surface area contributed by atoms with Gasteiger partial charge in [-0.25, -0.2) is 4.98 Å². The average Bonchev–Trinajstić information content (AvgIpc) is 3.06. The first-order chi connectivity index (χ1) is 12.1. The van der Waals surface area contributed by atoms with Gasteiger partial charge in [0.1, 0.15) is 16.7 Å². The van der Waals surface area contributed by atoms with Crippen molar-refractivity contribution in [3.05, 3.63) is 54.6 Å². The number of methoxy groups -OCH3 is 1. The molecule has 0 saturated heterocycles. The number of benzene rings is 2. The monoisotopic (exact) mass is 355 g/mol. The summed E-state index contributed by atoms with van der Waals surface area (Å²) in [5.41, 5.74) is 2.44. The van der Waals surface area contributed by atoms with E-state index in [1.807, 2.05) is 54.6 Å². The van der Waals surface area contributed by atoms with Gasteiger partial charge in [-0.2, -0.15) is 0 Å². The van der Waals surface area contributed by atoms with Gasteiger partial charge < -0.3 is 14.3 Å². The summed E-state index contributed by atoms with van der Waals surface area (Å²) in [6.45, 7) is 1.60. The van der Waals surface area contributed by atoms with Crippen molar-refractivity contribution in [2.45, 2.75) is 17.4 Å². The molecule has 0 radical (unpaired) electrons. The predicted molar refractivity (Wildman–Crippen MR) is 96.9 cm³/mol.